The summed E-state index contributed by atoms with van der Waals surface area (Å²) in [4.78, 5) is 0. The summed E-state index contributed by atoms with van der Waals surface area (Å²) in [6, 6.07) is 16.0. The molecule has 1 aliphatic heterocycles. The zero-order valence-electron chi connectivity index (χ0n) is 16.9. The molecule has 1 aliphatic rings. The smallest absolute Gasteiger partial charge is 0.229 e. The van der Waals surface area contributed by atoms with Crippen LogP contribution in [-0.4, -0.2) is 82.2 Å². The molecule has 5 N–H and O–H groups in total. The first-order valence-corrected chi connectivity index (χ1v) is 9.97. The van der Waals surface area contributed by atoms with Crippen LogP contribution in [0.2, 0.25) is 0 Å². The molecular weight excluding hydrogens is 408 g/mol. The third-order valence-corrected chi connectivity index (χ3v) is 4.79. The van der Waals surface area contributed by atoms with Gasteiger partial charge in [0.1, 0.15) is 48.6 Å². The second-order valence-electron chi connectivity index (χ2n) is 7.25. The lowest BCUT2D eigenvalue weighted by molar-refractivity contribution is -0.277. The molecule has 0 aliphatic carbocycles. The number of benzene rings is 2. The zero-order valence-corrected chi connectivity index (χ0v) is 16.9. The van der Waals surface area contributed by atoms with Gasteiger partial charge in [-0.15, -0.1) is 0 Å². The Kier molecular flexibility index (Phi) is 8.61. The fourth-order valence-corrected chi connectivity index (χ4v) is 3.04. The predicted octanol–water partition coefficient (Wildman–Crippen LogP) is -0.178. The molecule has 170 valence electrons. The van der Waals surface area contributed by atoms with Crippen LogP contribution in [-0.2, 0) is 16.1 Å². The van der Waals surface area contributed by atoms with E-state index in [-0.39, 0.29) is 13.2 Å². The molecule has 0 saturated carbocycles. The van der Waals surface area contributed by atoms with Crippen molar-refractivity contribution in [3.8, 4) is 11.5 Å². The van der Waals surface area contributed by atoms with Gasteiger partial charge in [-0.05, 0) is 29.8 Å². The number of aliphatic hydroxyl groups is 5. The molecule has 0 amide bonds. The fourth-order valence-electron chi connectivity index (χ4n) is 3.04. The molecule has 0 spiro atoms. The first-order chi connectivity index (χ1) is 15.0. The Balaban J connectivity index is 1.42. The molecule has 2 aromatic rings. The van der Waals surface area contributed by atoms with E-state index in [4.69, 9.17) is 18.9 Å². The van der Waals surface area contributed by atoms with E-state index in [9.17, 15) is 25.5 Å². The van der Waals surface area contributed by atoms with Gasteiger partial charge in [-0.2, -0.15) is 0 Å². The lowest BCUT2D eigenvalue weighted by Gasteiger charge is -2.39. The molecule has 31 heavy (non-hydrogen) atoms. The highest BCUT2D eigenvalue weighted by Gasteiger charge is 2.44. The summed E-state index contributed by atoms with van der Waals surface area (Å²) in [5.41, 5.74) is 1.02. The number of aliphatic hydroxyl groups excluding tert-OH is 5. The average molecular weight is 436 g/mol. The summed E-state index contributed by atoms with van der Waals surface area (Å²) in [6.45, 7) is 0.0474. The van der Waals surface area contributed by atoms with Crippen molar-refractivity contribution in [2.24, 2.45) is 0 Å². The first kappa shape index (κ1) is 23.4. The molecule has 3 rings (SSSR count). The summed E-state index contributed by atoms with van der Waals surface area (Å²) in [7, 11) is 0. The van der Waals surface area contributed by atoms with E-state index in [2.05, 4.69) is 0 Å². The van der Waals surface area contributed by atoms with Gasteiger partial charge in [0.05, 0.1) is 19.8 Å². The summed E-state index contributed by atoms with van der Waals surface area (Å²) in [5, 5.41) is 48.9. The van der Waals surface area contributed by atoms with Gasteiger partial charge in [0.25, 0.3) is 0 Å². The minimum absolute atomic E-state index is 0.0434. The Morgan fingerprint density at radius 2 is 1.52 bits per heavy atom. The number of rotatable bonds is 10. The van der Waals surface area contributed by atoms with Crippen LogP contribution in [0.25, 0.3) is 0 Å². The van der Waals surface area contributed by atoms with Crippen molar-refractivity contribution in [1.82, 2.24) is 0 Å². The van der Waals surface area contributed by atoms with E-state index in [1.807, 2.05) is 30.3 Å². The number of hydrogen-bond donors (Lipinski definition) is 5. The minimum atomic E-state index is -1.51. The van der Waals surface area contributed by atoms with Gasteiger partial charge < -0.3 is 44.5 Å². The fraction of sp³-hybridized carbons (Fsp3) is 0.455. The van der Waals surface area contributed by atoms with Gasteiger partial charge in [0.15, 0.2) is 0 Å². The Morgan fingerprint density at radius 1 is 0.839 bits per heavy atom. The van der Waals surface area contributed by atoms with E-state index < -0.39 is 43.4 Å². The lowest BCUT2D eigenvalue weighted by Crippen LogP contribution is -2.60. The summed E-state index contributed by atoms with van der Waals surface area (Å²) >= 11 is 0. The van der Waals surface area contributed by atoms with Gasteiger partial charge >= 0.3 is 0 Å². The van der Waals surface area contributed by atoms with Crippen LogP contribution in [0.15, 0.2) is 54.6 Å². The van der Waals surface area contributed by atoms with Crippen LogP contribution in [0, 0.1) is 0 Å². The molecule has 1 saturated heterocycles. The molecule has 0 aromatic heterocycles. The first-order valence-electron chi connectivity index (χ1n) is 9.97. The summed E-state index contributed by atoms with van der Waals surface area (Å²) < 4.78 is 21.8. The Hall–Kier alpha value is -2.24. The third kappa shape index (κ3) is 6.62. The van der Waals surface area contributed by atoms with Crippen LogP contribution < -0.4 is 9.47 Å². The van der Waals surface area contributed by atoms with Gasteiger partial charge in [0, 0.05) is 0 Å². The van der Waals surface area contributed by atoms with Crippen molar-refractivity contribution in [1.29, 1.82) is 0 Å². The Morgan fingerprint density at radius 3 is 2.19 bits per heavy atom. The minimum Gasteiger partial charge on any atom is -0.491 e. The molecule has 1 fully saturated rings. The van der Waals surface area contributed by atoms with Crippen LogP contribution >= 0.6 is 0 Å². The highest BCUT2D eigenvalue weighted by Crippen LogP contribution is 2.25. The summed E-state index contributed by atoms with van der Waals surface area (Å²) in [5.74, 6) is 0.812. The molecule has 0 unspecified atom stereocenters. The number of hydrogen-bond acceptors (Lipinski definition) is 9. The molecule has 0 bridgehead atoms. The maximum atomic E-state index is 10.0. The second kappa shape index (κ2) is 11.4. The van der Waals surface area contributed by atoms with Crippen molar-refractivity contribution >= 4 is 0 Å². The van der Waals surface area contributed by atoms with Crippen molar-refractivity contribution in [3.63, 3.8) is 0 Å². The van der Waals surface area contributed by atoms with Gasteiger partial charge in [-0.1, -0.05) is 30.3 Å². The maximum absolute atomic E-state index is 10.0. The van der Waals surface area contributed by atoms with E-state index in [1.165, 1.54) is 0 Å². The van der Waals surface area contributed by atoms with Crippen molar-refractivity contribution in [3.05, 3.63) is 60.2 Å². The molecule has 0 radical (unpaired) electrons. The Labute approximate surface area is 180 Å². The molecule has 2 aromatic carbocycles. The topological polar surface area (TPSA) is 138 Å². The molecule has 9 heteroatoms. The molecule has 6 atom stereocenters. The summed E-state index contributed by atoms with van der Waals surface area (Å²) in [6.07, 6.45) is -7.54. The van der Waals surface area contributed by atoms with E-state index in [1.54, 1.807) is 24.3 Å². The van der Waals surface area contributed by atoms with E-state index in [0.717, 1.165) is 5.56 Å². The molecule has 1 heterocycles. The van der Waals surface area contributed by atoms with Crippen molar-refractivity contribution in [2.45, 2.75) is 43.4 Å². The third-order valence-electron chi connectivity index (χ3n) is 4.79. The van der Waals surface area contributed by atoms with Gasteiger partial charge in [-0.3, -0.25) is 0 Å². The lowest BCUT2D eigenvalue weighted by atomic mass is 9.99. The molecular formula is C22H28O9. The zero-order chi connectivity index (χ0) is 22.2. The monoisotopic (exact) mass is 436 g/mol. The predicted molar refractivity (Wildman–Crippen MR) is 108 cm³/mol. The van der Waals surface area contributed by atoms with Crippen LogP contribution in [0.1, 0.15) is 5.56 Å². The Bertz CT molecular complexity index is 768. The van der Waals surface area contributed by atoms with Crippen LogP contribution in [0.3, 0.4) is 0 Å². The van der Waals surface area contributed by atoms with Crippen molar-refractivity contribution < 1.29 is 44.5 Å². The normalized spacial score (nSPS) is 26.9. The average Bonchev–Trinajstić information content (AvgIpc) is 2.79. The SMILES string of the molecule is OC[C@H]1O[C@@H](Oc2ccc(OC[C@@H](O)COCc3ccccc3)cc2)[C@H](O)[C@@H](O)[C@@H]1O. The van der Waals surface area contributed by atoms with Crippen LogP contribution in [0.5, 0.6) is 11.5 Å². The standard InChI is InChI=1S/C22H28O9/c23-10-18-19(25)20(26)21(27)22(31-18)30-17-8-6-16(7-9-17)29-13-15(24)12-28-11-14-4-2-1-3-5-14/h1-9,15,18-27H,10-13H2/t15-,18+,19+,20-,21+,22+/m0/s1. The maximum Gasteiger partial charge on any atom is 0.229 e. The van der Waals surface area contributed by atoms with Gasteiger partial charge in [-0.25, -0.2) is 0 Å². The van der Waals surface area contributed by atoms with E-state index >= 15 is 0 Å². The van der Waals surface area contributed by atoms with Crippen molar-refractivity contribution in [2.75, 3.05) is 19.8 Å². The largest absolute Gasteiger partial charge is 0.491 e. The van der Waals surface area contributed by atoms with E-state index in [0.29, 0.717) is 18.1 Å². The quantitative estimate of drug-likeness (QED) is 0.343. The molecule has 9 nitrogen and oxygen atoms in total. The van der Waals surface area contributed by atoms with Crippen LogP contribution in [0.4, 0.5) is 0 Å². The number of ether oxygens (including phenoxy) is 4. The highest BCUT2D eigenvalue weighted by atomic mass is 16.7. The highest BCUT2D eigenvalue weighted by molar-refractivity contribution is 5.31. The second-order valence-corrected chi connectivity index (χ2v) is 7.25. The van der Waals surface area contributed by atoms with Gasteiger partial charge in [0.2, 0.25) is 6.29 Å².